The third kappa shape index (κ3) is 3.93. The minimum Gasteiger partial charge on any atom is -0.341 e. The third-order valence-corrected chi connectivity index (χ3v) is 4.42. The maximum Gasteiger partial charge on any atom is 0.258 e. The molecule has 8 nitrogen and oxygen atoms in total. The van der Waals surface area contributed by atoms with Crippen LogP contribution in [0.2, 0.25) is 0 Å². The normalized spacial score (nSPS) is 10.9. The Bertz CT molecular complexity index is 1180. The highest BCUT2D eigenvalue weighted by molar-refractivity contribution is 5.97. The molecule has 152 valence electrons. The number of aromatic nitrogens is 5. The summed E-state index contributed by atoms with van der Waals surface area (Å²) in [7, 11) is 1.66. The number of halogens is 2. The SMILES string of the molecule is CN(CCc1noc(-c2ccc(F)c(F)c2)n1)C(=O)c1ccccc1-n1nccn1. The van der Waals surface area contributed by atoms with Gasteiger partial charge in [-0.3, -0.25) is 4.79 Å². The smallest absolute Gasteiger partial charge is 0.258 e. The van der Waals surface area contributed by atoms with Gasteiger partial charge in [0.15, 0.2) is 17.5 Å². The van der Waals surface area contributed by atoms with E-state index in [1.54, 1.807) is 31.3 Å². The molecule has 30 heavy (non-hydrogen) atoms. The molecular formula is C20H16F2N6O2. The standard InChI is InChI=1S/C20H16F2N6O2/c1-27(20(29)14-4-2-3-5-17(14)28-23-9-10-24-28)11-8-18-25-19(30-26-18)13-6-7-15(21)16(22)12-13/h2-7,9-10,12H,8,11H2,1H3. The van der Waals surface area contributed by atoms with Gasteiger partial charge in [0.2, 0.25) is 0 Å². The zero-order valence-electron chi connectivity index (χ0n) is 15.9. The second-order valence-corrected chi connectivity index (χ2v) is 6.46. The Balaban J connectivity index is 1.44. The summed E-state index contributed by atoms with van der Waals surface area (Å²) in [5, 5.41) is 12.0. The zero-order valence-corrected chi connectivity index (χ0v) is 15.9. The average Bonchev–Trinajstić information content (AvgIpc) is 3.46. The first-order valence-electron chi connectivity index (χ1n) is 9.02. The minimum atomic E-state index is -0.997. The fraction of sp³-hybridized carbons (Fsp3) is 0.150. The Hall–Kier alpha value is -3.95. The van der Waals surface area contributed by atoms with Gasteiger partial charge in [-0.05, 0) is 30.3 Å². The number of benzene rings is 2. The molecule has 0 fully saturated rings. The molecule has 0 unspecified atom stereocenters. The average molecular weight is 410 g/mol. The van der Waals surface area contributed by atoms with Gasteiger partial charge in [0.25, 0.3) is 11.8 Å². The van der Waals surface area contributed by atoms with Gasteiger partial charge in [0.05, 0.1) is 23.6 Å². The van der Waals surface area contributed by atoms with Crippen molar-refractivity contribution in [2.75, 3.05) is 13.6 Å². The van der Waals surface area contributed by atoms with Crippen molar-refractivity contribution in [1.29, 1.82) is 0 Å². The van der Waals surface area contributed by atoms with Gasteiger partial charge in [-0.2, -0.15) is 20.0 Å². The summed E-state index contributed by atoms with van der Waals surface area (Å²) in [5.74, 6) is -1.75. The lowest BCUT2D eigenvalue weighted by Crippen LogP contribution is -2.30. The molecule has 0 atom stereocenters. The summed E-state index contributed by atoms with van der Waals surface area (Å²) in [4.78, 5) is 20.0. The molecule has 4 aromatic rings. The highest BCUT2D eigenvalue weighted by Crippen LogP contribution is 2.20. The van der Waals surface area contributed by atoms with Gasteiger partial charge in [-0.25, -0.2) is 8.78 Å². The fourth-order valence-electron chi connectivity index (χ4n) is 2.85. The van der Waals surface area contributed by atoms with E-state index in [2.05, 4.69) is 20.3 Å². The molecule has 0 saturated heterocycles. The molecule has 2 aromatic carbocycles. The van der Waals surface area contributed by atoms with Crippen LogP contribution in [0.25, 0.3) is 17.1 Å². The summed E-state index contributed by atoms with van der Waals surface area (Å²) in [6.45, 7) is 0.316. The van der Waals surface area contributed by atoms with Crippen LogP contribution < -0.4 is 0 Å². The summed E-state index contributed by atoms with van der Waals surface area (Å²) in [6.07, 6.45) is 3.38. The topological polar surface area (TPSA) is 89.9 Å². The molecule has 0 spiro atoms. The van der Waals surface area contributed by atoms with Crippen LogP contribution in [0.5, 0.6) is 0 Å². The Morgan fingerprint density at radius 2 is 1.87 bits per heavy atom. The number of para-hydroxylation sites is 1. The highest BCUT2D eigenvalue weighted by Gasteiger charge is 2.18. The lowest BCUT2D eigenvalue weighted by molar-refractivity contribution is 0.0795. The molecule has 0 N–H and O–H groups in total. The number of hydrogen-bond donors (Lipinski definition) is 0. The van der Waals surface area contributed by atoms with E-state index in [0.29, 0.717) is 30.0 Å². The van der Waals surface area contributed by atoms with Crippen molar-refractivity contribution >= 4 is 5.91 Å². The summed E-state index contributed by atoms with van der Waals surface area (Å²) < 4.78 is 31.6. The monoisotopic (exact) mass is 410 g/mol. The summed E-state index contributed by atoms with van der Waals surface area (Å²) in [6, 6.07) is 10.4. The van der Waals surface area contributed by atoms with Gasteiger partial charge in [-0.15, -0.1) is 0 Å². The number of carbonyl (C=O) groups excluding carboxylic acids is 1. The van der Waals surface area contributed by atoms with Crippen molar-refractivity contribution < 1.29 is 18.1 Å². The van der Waals surface area contributed by atoms with Crippen molar-refractivity contribution in [1.82, 2.24) is 30.0 Å². The molecule has 0 bridgehead atoms. The first kappa shape index (κ1) is 19.4. The van der Waals surface area contributed by atoms with Crippen LogP contribution in [0.4, 0.5) is 8.78 Å². The minimum absolute atomic E-state index is 0.0768. The molecule has 2 heterocycles. The van der Waals surface area contributed by atoms with Crippen LogP contribution in [-0.4, -0.2) is 49.5 Å². The maximum absolute atomic E-state index is 13.4. The molecule has 0 aliphatic heterocycles. The summed E-state index contributed by atoms with van der Waals surface area (Å²) in [5.41, 5.74) is 1.30. The molecule has 2 aromatic heterocycles. The molecule has 10 heteroatoms. The summed E-state index contributed by atoms with van der Waals surface area (Å²) >= 11 is 0. The van der Waals surface area contributed by atoms with E-state index in [9.17, 15) is 13.6 Å². The molecular weight excluding hydrogens is 394 g/mol. The van der Waals surface area contributed by atoms with Crippen LogP contribution in [0, 0.1) is 11.6 Å². The van der Waals surface area contributed by atoms with Gasteiger partial charge in [0.1, 0.15) is 0 Å². The van der Waals surface area contributed by atoms with Gasteiger partial charge >= 0.3 is 0 Å². The van der Waals surface area contributed by atoms with E-state index in [0.717, 1.165) is 12.1 Å². The number of carbonyl (C=O) groups is 1. The van der Waals surface area contributed by atoms with Crippen LogP contribution in [0.3, 0.4) is 0 Å². The largest absolute Gasteiger partial charge is 0.341 e. The molecule has 0 saturated carbocycles. The van der Waals surface area contributed by atoms with Crippen LogP contribution >= 0.6 is 0 Å². The predicted octanol–water partition coefficient (Wildman–Crippen LogP) is 2.91. The van der Waals surface area contributed by atoms with Crippen molar-refractivity contribution in [2.24, 2.45) is 0 Å². The second-order valence-electron chi connectivity index (χ2n) is 6.46. The quantitative estimate of drug-likeness (QED) is 0.486. The highest BCUT2D eigenvalue weighted by atomic mass is 19.2. The number of nitrogens with zero attached hydrogens (tertiary/aromatic N) is 6. The van der Waals surface area contributed by atoms with Crippen LogP contribution in [0.1, 0.15) is 16.2 Å². The van der Waals surface area contributed by atoms with Crippen molar-refractivity contribution in [3.8, 4) is 17.1 Å². The van der Waals surface area contributed by atoms with Crippen molar-refractivity contribution in [2.45, 2.75) is 6.42 Å². The Morgan fingerprint density at radius 3 is 2.63 bits per heavy atom. The van der Waals surface area contributed by atoms with E-state index in [1.165, 1.54) is 28.2 Å². The second kappa shape index (κ2) is 8.19. The lowest BCUT2D eigenvalue weighted by atomic mass is 10.1. The maximum atomic E-state index is 13.4. The van der Waals surface area contributed by atoms with Crippen molar-refractivity contribution in [3.05, 3.63) is 77.9 Å². The van der Waals surface area contributed by atoms with Crippen LogP contribution in [0.15, 0.2) is 59.4 Å². The number of rotatable bonds is 6. The number of likely N-dealkylation sites (N-methyl/N-ethyl adjacent to an activating group) is 1. The predicted molar refractivity (Wildman–Crippen MR) is 102 cm³/mol. The molecule has 0 aliphatic rings. The molecule has 0 aliphatic carbocycles. The van der Waals surface area contributed by atoms with Crippen molar-refractivity contribution in [3.63, 3.8) is 0 Å². The Morgan fingerprint density at radius 1 is 1.10 bits per heavy atom. The molecule has 1 amide bonds. The fourth-order valence-corrected chi connectivity index (χ4v) is 2.85. The first-order chi connectivity index (χ1) is 14.5. The van der Waals surface area contributed by atoms with E-state index in [4.69, 9.17) is 4.52 Å². The van der Waals surface area contributed by atoms with Gasteiger partial charge < -0.3 is 9.42 Å². The van der Waals surface area contributed by atoms with Gasteiger partial charge in [0, 0.05) is 25.6 Å². The molecule has 4 rings (SSSR count). The van der Waals surface area contributed by atoms with E-state index >= 15 is 0 Å². The first-order valence-corrected chi connectivity index (χ1v) is 9.02. The van der Waals surface area contributed by atoms with E-state index < -0.39 is 11.6 Å². The molecule has 0 radical (unpaired) electrons. The number of hydrogen-bond acceptors (Lipinski definition) is 6. The van der Waals surface area contributed by atoms with Gasteiger partial charge in [-0.1, -0.05) is 17.3 Å². The Kier molecular flexibility index (Phi) is 5.29. The third-order valence-electron chi connectivity index (χ3n) is 4.42. The van der Waals surface area contributed by atoms with E-state index in [1.807, 2.05) is 0 Å². The van der Waals surface area contributed by atoms with E-state index in [-0.39, 0.29) is 17.4 Å². The lowest BCUT2D eigenvalue weighted by Gasteiger charge is -2.17. The zero-order chi connectivity index (χ0) is 21.1. The Labute approximate surface area is 169 Å². The van der Waals surface area contributed by atoms with Crippen LogP contribution in [-0.2, 0) is 6.42 Å². The number of amides is 1.